The minimum atomic E-state index is 0.0740. The fraction of sp³-hybridized carbons (Fsp3) is 0.900. The van der Waals surface area contributed by atoms with Crippen LogP contribution in [0, 0.1) is 0 Å². The summed E-state index contributed by atoms with van der Waals surface area (Å²) in [7, 11) is 0. The molecular formula is C20H41NO. The molecule has 0 aromatic heterocycles. The van der Waals surface area contributed by atoms with E-state index in [1.54, 1.807) is 6.08 Å². The van der Waals surface area contributed by atoms with E-state index < -0.39 is 0 Å². The van der Waals surface area contributed by atoms with Crippen LogP contribution in [0.5, 0.6) is 0 Å². The lowest BCUT2D eigenvalue weighted by molar-refractivity contribution is 0.341. The molecule has 0 spiro atoms. The van der Waals surface area contributed by atoms with E-state index in [2.05, 4.69) is 6.92 Å². The first-order chi connectivity index (χ1) is 10.8. The molecule has 0 bridgehead atoms. The van der Waals surface area contributed by atoms with Gasteiger partial charge in [0.05, 0.1) is 6.61 Å². The van der Waals surface area contributed by atoms with Gasteiger partial charge in [-0.25, -0.2) is 0 Å². The molecule has 2 heteroatoms. The molecule has 0 rings (SSSR count). The van der Waals surface area contributed by atoms with Crippen LogP contribution in [-0.4, -0.2) is 11.7 Å². The maximum atomic E-state index is 8.71. The lowest BCUT2D eigenvalue weighted by Crippen LogP contribution is -1.98. The molecule has 0 aliphatic rings. The van der Waals surface area contributed by atoms with Crippen LogP contribution in [0.3, 0.4) is 0 Å². The quantitative estimate of drug-likeness (QED) is 0.320. The molecule has 22 heavy (non-hydrogen) atoms. The number of hydrogen-bond acceptors (Lipinski definition) is 2. The van der Waals surface area contributed by atoms with Crippen LogP contribution < -0.4 is 5.73 Å². The van der Waals surface area contributed by atoms with Crippen molar-refractivity contribution in [3.63, 3.8) is 0 Å². The molecule has 0 aromatic rings. The van der Waals surface area contributed by atoms with E-state index in [-0.39, 0.29) is 6.61 Å². The SMILES string of the molecule is CCCCCCCCCCCCCCCCCC(N)=CCO. The Kier molecular flexibility index (Phi) is 18.1. The number of hydrogen-bond donors (Lipinski definition) is 2. The van der Waals surface area contributed by atoms with Gasteiger partial charge in [0.1, 0.15) is 0 Å². The summed E-state index contributed by atoms with van der Waals surface area (Å²) >= 11 is 0. The third kappa shape index (κ3) is 17.6. The van der Waals surface area contributed by atoms with Crippen molar-refractivity contribution < 1.29 is 5.11 Å². The zero-order valence-corrected chi connectivity index (χ0v) is 15.1. The Morgan fingerprint density at radius 1 is 0.682 bits per heavy atom. The van der Waals surface area contributed by atoms with Gasteiger partial charge in [-0.2, -0.15) is 0 Å². The highest BCUT2D eigenvalue weighted by atomic mass is 16.2. The Balaban J connectivity index is 3.04. The minimum absolute atomic E-state index is 0.0740. The molecule has 0 atom stereocenters. The van der Waals surface area contributed by atoms with E-state index in [0.29, 0.717) is 0 Å². The van der Waals surface area contributed by atoms with Crippen LogP contribution in [0.2, 0.25) is 0 Å². The Morgan fingerprint density at radius 3 is 1.41 bits per heavy atom. The number of rotatable bonds is 17. The first kappa shape index (κ1) is 21.5. The first-order valence-corrected chi connectivity index (χ1v) is 9.86. The summed E-state index contributed by atoms with van der Waals surface area (Å²) in [5.74, 6) is 0. The summed E-state index contributed by atoms with van der Waals surface area (Å²) in [4.78, 5) is 0. The highest BCUT2D eigenvalue weighted by molar-refractivity contribution is 4.95. The van der Waals surface area contributed by atoms with Crippen molar-refractivity contribution in [2.75, 3.05) is 6.61 Å². The van der Waals surface area contributed by atoms with E-state index in [4.69, 9.17) is 10.8 Å². The Hall–Kier alpha value is -0.500. The summed E-state index contributed by atoms with van der Waals surface area (Å²) in [6, 6.07) is 0. The molecular weight excluding hydrogens is 270 g/mol. The van der Waals surface area contributed by atoms with Crippen LogP contribution in [0.15, 0.2) is 11.8 Å². The molecule has 0 heterocycles. The predicted octanol–water partition coefficient (Wildman–Crippen LogP) is 6.08. The van der Waals surface area contributed by atoms with Crippen molar-refractivity contribution in [3.05, 3.63) is 11.8 Å². The highest BCUT2D eigenvalue weighted by Crippen LogP contribution is 2.14. The van der Waals surface area contributed by atoms with Gasteiger partial charge < -0.3 is 10.8 Å². The zero-order chi connectivity index (χ0) is 16.3. The molecule has 0 amide bonds. The number of aliphatic hydroxyl groups is 1. The molecule has 0 aliphatic carbocycles. The van der Waals surface area contributed by atoms with Gasteiger partial charge in [0.2, 0.25) is 0 Å². The normalized spacial score (nSPS) is 12.0. The molecule has 0 radical (unpaired) electrons. The number of unbranched alkanes of at least 4 members (excludes halogenated alkanes) is 14. The lowest BCUT2D eigenvalue weighted by atomic mass is 10.0. The van der Waals surface area contributed by atoms with E-state index >= 15 is 0 Å². The third-order valence-corrected chi connectivity index (χ3v) is 4.42. The van der Waals surface area contributed by atoms with Crippen LogP contribution in [0.1, 0.15) is 110 Å². The van der Waals surface area contributed by atoms with E-state index in [9.17, 15) is 0 Å². The molecule has 2 nitrogen and oxygen atoms in total. The molecule has 0 saturated carbocycles. The minimum Gasteiger partial charge on any atom is -0.402 e. The zero-order valence-electron chi connectivity index (χ0n) is 15.1. The second-order valence-corrected chi connectivity index (χ2v) is 6.66. The fourth-order valence-corrected chi connectivity index (χ4v) is 2.92. The lowest BCUT2D eigenvalue weighted by Gasteiger charge is -2.04. The summed E-state index contributed by atoms with van der Waals surface area (Å²) in [6.45, 7) is 2.36. The van der Waals surface area contributed by atoms with Crippen molar-refractivity contribution in [1.82, 2.24) is 0 Å². The summed E-state index contributed by atoms with van der Waals surface area (Å²) in [5.41, 5.74) is 6.58. The summed E-state index contributed by atoms with van der Waals surface area (Å²) in [5, 5.41) is 8.71. The number of nitrogens with two attached hydrogens (primary N) is 1. The number of aliphatic hydroxyl groups excluding tert-OH is 1. The first-order valence-electron chi connectivity index (χ1n) is 9.86. The van der Waals surface area contributed by atoms with E-state index in [0.717, 1.165) is 12.1 Å². The fourth-order valence-electron chi connectivity index (χ4n) is 2.92. The molecule has 0 saturated heterocycles. The van der Waals surface area contributed by atoms with Crippen LogP contribution in [0.4, 0.5) is 0 Å². The van der Waals surface area contributed by atoms with Gasteiger partial charge in [0.25, 0.3) is 0 Å². The number of allylic oxidation sites excluding steroid dienone is 1. The van der Waals surface area contributed by atoms with Gasteiger partial charge in [-0.15, -0.1) is 0 Å². The smallest absolute Gasteiger partial charge is 0.0631 e. The topological polar surface area (TPSA) is 46.2 Å². The molecule has 0 aliphatic heterocycles. The molecule has 0 fully saturated rings. The van der Waals surface area contributed by atoms with E-state index in [1.807, 2.05) is 0 Å². The summed E-state index contributed by atoms with van der Waals surface area (Å²) in [6.07, 6.45) is 23.5. The molecule has 0 aromatic carbocycles. The average molecular weight is 312 g/mol. The van der Waals surface area contributed by atoms with Gasteiger partial charge in [-0.05, 0) is 18.9 Å². The maximum absolute atomic E-state index is 8.71. The predicted molar refractivity (Wildman–Crippen MR) is 98.9 cm³/mol. The average Bonchev–Trinajstić information content (AvgIpc) is 2.51. The Labute approximate surface area is 139 Å². The maximum Gasteiger partial charge on any atom is 0.0631 e. The van der Waals surface area contributed by atoms with Crippen LogP contribution in [-0.2, 0) is 0 Å². The van der Waals surface area contributed by atoms with Gasteiger partial charge in [0.15, 0.2) is 0 Å². The standard InChI is InChI=1S/C20H41NO/c1-2-3-4-5-6-7-8-9-10-11-12-13-14-15-16-17-20(21)18-19-22/h18,22H,2-17,19,21H2,1H3. The molecule has 132 valence electrons. The van der Waals surface area contributed by atoms with Gasteiger partial charge >= 0.3 is 0 Å². The van der Waals surface area contributed by atoms with Gasteiger partial charge in [-0.1, -0.05) is 96.8 Å². The molecule has 0 unspecified atom stereocenters. The van der Waals surface area contributed by atoms with Crippen molar-refractivity contribution in [2.45, 2.75) is 110 Å². The second kappa shape index (κ2) is 18.5. The third-order valence-electron chi connectivity index (χ3n) is 4.42. The van der Waals surface area contributed by atoms with Crippen LogP contribution >= 0.6 is 0 Å². The largest absolute Gasteiger partial charge is 0.402 e. The monoisotopic (exact) mass is 311 g/mol. The Morgan fingerprint density at radius 2 is 1.05 bits per heavy atom. The van der Waals surface area contributed by atoms with Crippen LogP contribution in [0.25, 0.3) is 0 Å². The van der Waals surface area contributed by atoms with Crippen molar-refractivity contribution in [1.29, 1.82) is 0 Å². The Bertz CT molecular complexity index is 238. The summed E-state index contributed by atoms with van der Waals surface area (Å²) < 4.78 is 0. The van der Waals surface area contributed by atoms with E-state index in [1.165, 1.54) is 96.3 Å². The van der Waals surface area contributed by atoms with Crippen molar-refractivity contribution in [3.8, 4) is 0 Å². The molecule has 3 N–H and O–H groups in total. The highest BCUT2D eigenvalue weighted by Gasteiger charge is 1.95. The van der Waals surface area contributed by atoms with Crippen molar-refractivity contribution >= 4 is 0 Å². The van der Waals surface area contributed by atoms with Gasteiger partial charge in [-0.3, -0.25) is 0 Å². The second-order valence-electron chi connectivity index (χ2n) is 6.66. The van der Waals surface area contributed by atoms with Gasteiger partial charge in [0, 0.05) is 5.70 Å². The van der Waals surface area contributed by atoms with Crippen molar-refractivity contribution in [2.24, 2.45) is 5.73 Å².